The van der Waals surface area contributed by atoms with E-state index >= 15 is 0 Å². The molecule has 0 aliphatic heterocycles. The van der Waals surface area contributed by atoms with Gasteiger partial charge in [-0.05, 0) is 47.4 Å². The van der Waals surface area contributed by atoms with Gasteiger partial charge in [0.05, 0.1) is 5.52 Å². The Bertz CT molecular complexity index is 833. The summed E-state index contributed by atoms with van der Waals surface area (Å²) in [6.07, 6.45) is 2.18. The number of nitrogens with two attached hydrogens (primary N) is 1. The molecule has 0 atom stereocenters. The van der Waals surface area contributed by atoms with Crippen LogP contribution in [0.25, 0.3) is 10.9 Å². The van der Waals surface area contributed by atoms with E-state index < -0.39 is 6.03 Å². The van der Waals surface area contributed by atoms with Gasteiger partial charge in [-0.2, -0.15) is 5.10 Å². The van der Waals surface area contributed by atoms with E-state index in [0.29, 0.717) is 12.2 Å². The number of hydrogen-bond donors (Lipinski definition) is 2. The number of rotatable bonds is 4. The van der Waals surface area contributed by atoms with Crippen molar-refractivity contribution in [3.8, 4) is 0 Å². The van der Waals surface area contributed by atoms with E-state index in [2.05, 4.69) is 44.8 Å². The predicted octanol–water partition coefficient (Wildman–Crippen LogP) is 1.13. The van der Waals surface area contributed by atoms with Gasteiger partial charge in [0.15, 0.2) is 5.82 Å². The molecular weight excluding hydrogens is 282 g/mol. The van der Waals surface area contributed by atoms with Crippen LogP contribution in [0.5, 0.6) is 0 Å². The molecule has 0 aliphatic rings. The molecule has 8 nitrogen and oxygen atoms in total. The molecule has 2 heterocycles. The van der Waals surface area contributed by atoms with Crippen LogP contribution in [0.3, 0.4) is 0 Å². The van der Waals surface area contributed by atoms with E-state index in [0.717, 1.165) is 39.7 Å². The number of carbonyl (C=O) groups is 1. The number of aromatic amines is 1. The summed E-state index contributed by atoms with van der Waals surface area (Å²) in [6.45, 7) is 4.11. The van der Waals surface area contributed by atoms with Crippen molar-refractivity contribution in [2.24, 2.45) is 5.73 Å². The van der Waals surface area contributed by atoms with Crippen LogP contribution in [-0.4, -0.2) is 36.4 Å². The van der Waals surface area contributed by atoms with Crippen molar-refractivity contribution in [1.82, 2.24) is 30.4 Å². The maximum absolute atomic E-state index is 11.2. The number of aromatic nitrogens is 6. The van der Waals surface area contributed by atoms with Crippen LogP contribution < -0.4 is 5.73 Å². The number of primary amides is 1. The summed E-state index contributed by atoms with van der Waals surface area (Å²) in [4.78, 5) is 11.2. The molecule has 0 fully saturated rings. The summed E-state index contributed by atoms with van der Waals surface area (Å²) >= 11 is 0. The zero-order valence-electron chi connectivity index (χ0n) is 12.5. The van der Waals surface area contributed by atoms with Gasteiger partial charge in [-0.1, -0.05) is 13.0 Å². The van der Waals surface area contributed by atoms with Crippen LogP contribution >= 0.6 is 0 Å². The Labute approximate surface area is 126 Å². The zero-order valence-corrected chi connectivity index (χ0v) is 12.5. The van der Waals surface area contributed by atoms with Gasteiger partial charge in [0.2, 0.25) is 0 Å². The fourth-order valence-electron chi connectivity index (χ4n) is 2.58. The Morgan fingerprint density at radius 3 is 2.91 bits per heavy atom. The summed E-state index contributed by atoms with van der Waals surface area (Å²) in [5, 5.41) is 19.4. The van der Waals surface area contributed by atoms with Crippen LogP contribution in [0.2, 0.25) is 0 Å². The standard InChI is InChI=1S/C14H17N7O/c1-3-10-6-9(7-11-8(2)16-18-13(10)11)4-5-12-17-19-20-21(12)14(15)22/h6-7H,3-5H2,1-2H3,(H2,15,22)(H,16,18). The Hall–Kier alpha value is -2.77. The maximum atomic E-state index is 11.2. The number of H-pyrrole nitrogens is 1. The van der Waals surface area contributed by atoms with Crippen LogP contribution in [0.15, 0.2) is 12.1 Å². The number of amides is 1. The fourth-order valence-corrected chi connectivity index (χ4v) is 2.58. The molecule has 3 rings (SSSR count). The minimum absolute atomic E-state index is 0.467. The van der Waals surface area contributed by atoms with Gasteiger partial charge in [-0.15, -0.1) is 9.78 Å². The molecule has 0 aliphatic carbocycles. The smallest absolute Gasteiger partial charge is 0.342 e. The minimum Gasteiger partial charge on any atom is -0.350 e. The fraction of sp³-hybridized carbons (Fsp3) is 0.357. The number of nitrogens with zero attached hydrogens (tertiary/aromatic N) is 5. The second-order valence-corrected chi connectivity index (χ2v) is 5.20. The van der Waals surface area contributed by atoms with Crippen LogP contribution in [-0.2, 0) is 19.3 Å². The van der Waals surface area contributed by atoms with E-state index in [9.17, 15) is 4.79 Å². The average Bonchev–Trinajstić information content (AvgIpc) is 3.12. The molecule has 0 radical (unpaired) electrons. The molecule has 0 spiro atoms. The molecular formula is C14H17N7O. The lowest BCUT2D eigenvalue weighted by Crippen LogP contribution is -2.23. The van der Waals surface area contributed by atoms with Gasteiger partial charge >= 0.3 is 6.03 Å². The van der Waals surface area contributed by atoms with E-state index in [4.69, 9.17) is 5.73 Å². The molecule has 3 N–H and O–H groups in total. The Morgan fingerprint density at radius 1 is 1.36 bits per heavy atom. The van der Waals surface area contributed by atoms with Crippen LogP contribution in [0.4, 0.5) is 4.79 Å². The summed E-state index contributed by atoms with van der Waals surface area (Å²) in [5.74, 6) is 0.467. The van der Waals surface area contributed by atoms with Crippen molar-refractivity contribution >= 4 is 16.9 Å². The molecule has 0 saturated carbocycles. The molecule has 0 unspecified atom stereocenters. The van der Waals surface area contributed by atoms with E-state index in [1.807, 2.05) is 6.92 Å². The van der Waals surface area contributed by atoms with Crippen LogP contribution in [0, 0.1) is 6.92 Å². The lowest BCUT2D eigenvalue weighted by atomic mass is 10.0. The first-order chi connectivity index (χ1) is 10.6. The van der Waals surface area contributed by atoms with E-state index in [-0.39, 0.29) is 0 Å². The molecule has 8 heteroatoms. The monoisotopic (exact) mass is 299 g/mol. The second-order valence-electron chi connectivity index (χ2n) is 5.20. The lowest BCUT2D eigenvalue weighted by molar-refractivity contribution is 0.246. The Morgan fingerprint density at radius 2 is 2.18 bits per heavy atom. The number of benzene rings is 1. The first kappa shape index (κ1) is 14.2. The number of tetrazole rings is 1. The minimum atomic E-state index is -0.671. The van der Waals surface area contributed by atoms with Crippen molar-refractivity contribution in [2.75, 3.05) is 0 Å². The first-order valence-corrected chi connectivity index (χ1v) is 7.13. The lowest BCUT2D eigenvalue weighted by Gasteiger charge is -2.05. The van der Waals surface area contributed by atoms with E-state index in [1.165, 1.54) is 5.56 Å². The third kappa shape index (κ3) is 2.43. The van der Waals surface area contributed by atoms with Gasteiger partial charge in [-0.25, -0.2) is 4.79 Å². The summed E-state index contributed by atoms with van der Waals surface area (Å²) in [5.41, 5.74) is 9.65. The average molecular weight is 299 g/mol. The molecule has 1 amide bonds. The molecule has 2 aromatic heterocycles. The van der Waals surface area contributed by atoms with Crippen molar-refractivity contribution < 1.29 is 4.79 Å². The van der Waals surface area contributed by atoms with Crippen molar-refractivity contribution in [1.29, 1.82) is 0 Å². The highest BCUT2D eigenvalue weighted by molar-refractivity contribution is 5.85. The molecule has 0 bridgehead atoms. The van der Waals surface area contributed by atoms with Crippen LogP contribution in [0.1, 0.15) is 29.6 Å². The number of hydrogen-bond acceptors (Lipinski definition) is 5. The highest BCUT2D eigenvalue weighted by Gasteiger charge is 2.12. The third-order valence-electron chi connectivity index (χ3n) is 3.75. The molecule has 1 aromatic carbocycles. The SMILES string of the molecule is CCc1cc(CCc2nnnn2C(N)=O)cc2c(C)[nH]nc12. The van der Waals surface area contributed by atoms with Gasteiger partial charge < -0.3 is 5.73 Å². The Balaban J connectivity index is 1.89. The second kappa shape index (κ2) is 5.55. The number of nitrogens with one attached hydrogen (secondary N) is 1. The highest BCUT2D eigenvalue weighted by Crippen LogP contribution is 2.23. The van der Waals surface area contributed by atoms with Gasteiger partial charge in [-0.3, -0.25) is 5.10 Å². The number of fused-ring (bicyclic) bond motifs is 1. The van der Waals surface area contributed by atoms with Gasteiger partial charge in [0.25, 0.3) is 0 Å². The molecule has 3 aromatic rings. The highest BCUT2D eigenvalue weighted by atomic mass is 16.2. The predicted molar refractivity (Wildman–Crippen MR) is 80.4 cm³/mol. The summed E-state index contributed by atoms with van der Waals surface area (Å²) in [7, 11) is 0. The largest absolute Gasteiger partial charge is 0.350 e. The quantitative estimate of drug-likeness (QED) is 0.701. The first-order valence-electron chi connectivity index (χ1n) is 7.13. The maximum Gasteiger partial charge on any atom is 0.342 e. The number of aryl methyl sites for hydroxylation is 4. The molecule has 0 saturated heterocycles. The molecule has 22 heavy (non-hydrogen) atoms. The number of carbonyl (C=O) groups excluding carboxylic acids is 1. The molecule has 114 valence electrons. The summed E-state index contributed by atoms with van der Waals surface area (Å²) in [6, 6.07) is 3.59. The normalized spacial score (nSPS) is 11.2. The zero-order chi connectivity index (χ0) is 15.7. The van der Waals surface area contributed by atoms with Crippen molar-refractivity contribution in [2.45, 2.75) is 33.1 Å². The Kier molecular flexibility index (Phi) is 3.58. The van der Waals surface area contributed by atoms with E-state index in [1.54, 1.807) is 0 Å². The van der Waals surface area contributed by atoms with Crippen molar-refractivity contribution in [3.05, 3.63) is 34.8 Å². The van der Waals surface area contributed by atoms with Gasteiger partial charge in [0.1, 0.15) is 0 Å². The summed E-state index contributed by atoms with van der Waals surface area (Å²) < 4.78 is 1.03. The topological polar surface area (TPSA) is 115 Å². The van der Waals surface area contributed by atoms with Crippen molar-refractivity contribution in [3.63, 3.8) is 0 Å². The third-order valence-corrected chi connectivity index (χ3v) is 3.75. The van der Waals surface area contributed by atoms with Gasteiger partial charge in [0, 0.05) is 17.5 Å².